The number of aliphatic hydroxyl groups is 1. The fraction of sp³-hybridized carbons (Fsp3) is 0.273. The van der Waals surface area contributed by atoms with Gasteiger partial charge in [0.1, 0.15) is 18.0 Å². The third kappa shape index (κ3) is 2.09. The zero-order chi connectivity index (χ0) is 11.5. The fourth-order valence-corrected chi connectivity index (χ4v) is 1.53. The molecule has 84 valence electrons. The van der Waals surface area contributed by atoms with Crippen LogP contribution in [-0.4, -0.2) is 19.9 Å². The molecule has 16 heavy (non-hydrogen) atoms. The van der Waals surface area contributed by atoms with Crippen LogP contribution in [0.3, 0.4) is 0 Å². The van der Waals surface area contributed by atoms with Crippen molar-refractivity contribution in [3.05, 3.63) is 47.8 Å². The minimum Gasteiger partial charge on any atom is -0.388 e. The summed E-state index contributed by atoms with van der Waals surface area (Å²) in [5, 5.41) is 13.8. The van der Waals surface area contributed by atoms with Crippen molar-refractivity contribution in [1.29, 1.82) is 0 Å². The summed E-state index contributed by atoms with van der Waals surface area (Å²) in [6.45, 7) is 0. The second kappa shape index (κ2) is 4.40. The molecular formula is C11H12FN3O. The van der Waals surface area contributed by atoms with Gasteiger partial charge in [-0.1, -0.05) is 18.2 Å². The molecule has 1 unspecified atom stereocenters. The van der Waals surface area contributed by atoms with E-state index >= 15 is 0 Å². The predicted molar refractivity (Wildman–Crippen MR) is 56.1 cm³/mol. The molecule has 1 N–H and O–H groups in total. The summed E-state index contributed by atoms with van der Waals surface area (Å²) < 4.78 is 14.9. The van der Waals surface area contributed by atoms with Crippen LogP contribution in [0, 0.1) is 5.82 Å². The molecule has 1 atom stereocenters. The van der Waals surface area contributed by atoms with E-state index in [4.69, 9.17) is 0 Å². The third-order valence-corrected chi connectivity index (χ3v) is 2.45. The number of aryl methyl sites for hydroxylation is 1. The first kappa shape index (κ1) is 10.8. The van der Waals surface area contributed by atoms with Crippen LogP contribution in [0.5, 0.6) is 0 Å². The Hall–Kier alpha value is -1.75. The van der Waals surface area contributed by atoms with Gasteiger partial charge in [-0.3, -0.25) is 4.68 Å². The van der Waals surface area contributed by atoms with Crippen molar-refractivity contribution in [3.63, 3.8) is 0 Å². The molecule has 0 spiro atoms. The van der Waals surface area contributed by atoms with E-state index in [2.05, 4.69) is 10.1 Å². The summed E-state index contributed by atoms with van der Waals surface area (Å²) in [4.78, 5) is 3.98. The van der Waals surface area contributed by atoms with Crippen molar-refractivity contribution in [3.8, 4) is 0 Å². The zero-order valence-corrected chi connectivity index (χ0v) is 8.84. The van der Waals surface area contributed by atoms with Crippen molar-refractivity contribution in [2.45, 2.75) is 12.5 Å². The van der Waals surface area contributed by atoms with Crippen molar-refractivity contribution in [2.24, 2.45) is 7.05 Å². The molecule has 0 aliphatic heterocycles. The lowest BCUT2D eigenvalue weighted by atomic mass is 10.1. The quantitative estimate of drug-likeness (QED) is 0.848. The molecule has 5 heteroatoms. The lowest BCUT2D eigenvalue weighted by molar-refractivity contribution is 0.169. The van der Waals surface area contributed by atoms with E-state index < -0.39 is 11.9 Å². The lowest BCUT2D eigenvalue weighted by Gasteiger charge is -2.10. The first-order valence-electron chi connectivity index (χ1n) is 4.94. The monoisotopic (exact) mass is 221 g/mol. The third-order valence-electron chi connectivity index (χ3n) is 2.45. The second-order valence-corrected chi connectivity index (χ2v) is 3.54. The molecule has 0 amide bonds. The zero-order valence-electron chi connectivity index (χ0n) is 8.84. The minimum atomic E-state index is -0.899. The van der Waals surface area contributed by atoms with Crippen molar-refractivity contribution >= 4 is 0 Å². The lowest BCUT2D eigenvalue weighted by Crippen LogP contribution is -2.09. The van der Waals surface area contributed by atoms with Gasteiger partial charge in [-0.2, -0.15) is 5.10 Å². The molecule has 2 aromatic rings. The minimum absolute atomic E-state index is 0.247. The Kier molecular flexibility index (Phi) is 2.96. The van der Waals surface area contributed by atoms with E-state index in [9.17, 15) is 9.50 Å². The normalized spacial score (nSPS) is 12.7. The van der Waals surface area contributed by atoms with E-state index in [-0.39, 0.29) is 12.0 Å². The van der Waals surface area contributed by atoms with Crippen LogP contribution in [0.4, 0.5) is 4.39 Å². The standard InChI is InChI=1S/C11H12FN3O/c1-15-11(13-7-14-15)6-10(16)8-4-2-3-5-9(8)12/h2-5,7,10,16H,6H2,1H3. The first-order chi connectivity index (χ1) is 7.68. The number of aromatic nitrogens is 3. The van der Waals surface area contributed by atoms with Crippen LogP contribution in [0.15, 0.2) is 30.6 Å². The van der Waals surface area contributed by atoms with Crippen molar-refractivity contribution < 1.29 is 9.50 Å². The average molecular weight is 221 g/mol. The molecule has 1 aromatic carbocycles. The summed E-state index contributed by atoms with van der Waals surface area (Å²) in [7, 11) is 1.73. The van der Waals surface area contributed by atoms with Crippen molar-refractivity contribution in [1.82, 2.24) is 14.8 Å². The molecule has 0 radical (unpaired) electrons. The molecule has 4 nitrogen and oxygen atoms in total. The van der Waals surface area contributed by atoms with Gasteiger partial charge in [-0.05, 0) is 6.07 Å². The molecule has 0 aliphatic rings. The Morgan fingerprint density at radius 1 is 1.44 bits per heavy atom. The van der Waals surface area contributed by atoms with Crippen LogP contribution in [0.2, 0.25) is 0 Å². The first-order valence-corrected chi connectivity index (χ1v) is 4.94. The Bertz CT molecular complexity index is 484. The largest absolute Gasteiger partial charge is 0.388 e. The van der Waals surface area contributed by atoms with E-state index in [1.165, 1.54) is 12.4 Å². The molecule has 0 saturated carbocycles. The smallest absolute Gasteiger partial charge is 0.138 e. The highest BCUT2D eigenvalue weighted by molar-refractivity contribution is 5.20. The van der Waals surface area contributed by atoms with Gasteiger partial charge in [0.05, 0.1) is 6.10 Å². The van der Waals surface area contributed by atoms with Crippen LogP contribution in [0.25, 0.3) is 0 Å². The van der Waals surface area contributed by atoms with Gasteiger partial charge in [0.15, 0.2) is 0 Å². The molecule has 1 heterocycles. The van der Waals surface area contributed by atoms with E-state index in [0.717, 1.165) is 0 Å². The van der Waals surface area contributed by atoms with Crippen LogP contribution in [-0.2, 0) is 13.5 Å². The summed E-state index contributed by atoms with van der Waals surface area (Å²) in [6.07, 6.45) is 0.755. The van der Waals surface area contributed by atoms with E-state index in [1.807, 2.05) is 0 Å². The fourth-order valence-electron chi connectivity index (χ4n) is 1.53. The molecule has 2 rings (SSSR count). The molecule has 0 fully saturated rings. The Morgan fingerprint density at radius 3 is 2.81 bits per heavy atom. The highest BCUT2D eigenvalue weighted by atomic mass is 19.1. The molecule has 1 aromatic heterocycles. The van der Waals surface area contributed by atoms with Gasteiger partial charge < -0.3 is 5.11 Å². The summed E-state index contributed by atoms with van der Waals surface area (Å²) in [5.41, 5.74) is 0.283. The number of rotatable bonds is 3. The maximum absolute atomic E-state index is 13.4. The van der Waals surface area contributed by atoms with Crippen LogP contribution in [0.1, 0.15) is 17.5 Å². The molecule has 0 bridgehead atoms. The highest BCUT2D eigenvalue weighted by Crippen LogP contribution is 2.19. The second-order valence-electron chi connectivity index (χ2n) is 3.54. The maximum Gasteiger partial charge on any atom is 0.138 e. The summed E-state index contributed by atoms with van der Waals surface area (Å²) in [6, 6.07) is 6.18. The molecular weight excluding hydrogens is 209 g/mol. The Labute approximate surface area is 92.4 Å². The maximum atomic E-state index is 13.4. The topological polar surface area (TPSA) is 50.9 Å². The van der Waals surface area contributed by atoms with Gasteiger partial charge in [0.2, 0.25) is 0 Å². The van der Waals surface area contributed by atoms with E-state index in [1.54, 1.807) is 29.9 Å². The Balaban J connectivity index is 2.18. The Morgan fingerprint density at radius 2 is 2.19 bits per heavy atom. The average Bonchev–Trinajstić information content (AvgIpc) is 2.65. The van der Waals surface area contributed by atoms with Gasteiger partial charge in [-0.15, -0.1) is 0 Å². The van der Waals surface area contributed by atoms with Crippen molar-refractivity contribution in [2.75, 3.05) is 0 Å². The molecule has 0 aliphatic carbocycles. The number of hydrogen-bond acceptors (Lipinski definition) is 3. The van der Waals surface area contributed by atoms with Gasteiger partial charge >= 0.3 is 0 Å². The predicted octanol–water partition coefficient (Wildman–Crippen LogP) is 1.23. The van der Waals surface area contributed by atoms with Crippen LogP contribution < -0.4 is 0 Å². The number of benzene rings is 1. The highest BCUT2D eigenvalue weighted by Gasteiger charge is 2.15. The van der Waals surface area contributed by atoms with Gasteiger partial charge in [0.25, 0.3) is 0 Å². The van der Waals surface area contributed by atoms with Crippen LogP contribution >= 0.6 is 0 Å². The van der Waals surface area contributed by atoms with Gasteiger partial charge in [-0.25, -0.2) is 9.37 Å². The summed E-state index contributed by atoms with van der Waals surface area (Å²) in [5.74, 6) is 0.216. The number of nitrogens with zero attached hydrogens (tertiary/aromatic N) is 3. The SMILES string of the molecule is Cn1ncnc1CC(O)c1ccccc1F. The number of hydrogen-bond donors (Lipinski definition) is 1. The van der Waals surface area contributed by atoms with Gasteiger partial charge in [0, 0.05) is 19.0 Å². The van der Waals surface area contributed by atoms with E-state index in [0.29, 0.717) is 5.82 Å². The number of aliphatic hydroxyl groups excluding tert-OH is 1. The molecule has 0 saturated heterocycles. The summed E-state index contributed by atoms with van der Waals surface area (Å²) >= 11 is 0. The number of halogens is 1.